The summed E-state index contributed by atoms with van der Waals surface area (Å²) in [5.41, 5.74) is 1.20. The highest BCUT2D eigenvalue weighted by Crippen LogP contribution is 2.55. The van der Waals surface area contributed by atoms with Crippen molar-refractivity contribution in [3.8, 4) is 0 Å². The highest BCUT2D eigenvalue weighted by Gasteiger charge is 2.58. The fraction of sp³-hybridized carbons (Fsp3) is 0.742. The van der Waals surface area contributed by atoms with Crippen LogP contribution in [0.15, 0.2) is 36.0 Å². The van der Waals surface area contributed by atoms with Crippen LogP contribution in [0.25, 0.3) is 0 Å². The van der Waals surface area contributed by atoms with E-state index in [1.54, 1.807) is 19.1 Å². The van der Waals surface area contributed by atoms with Crippen molar-refractivity contribution in [3.63, 3.8) is 0 Å². The molecule has 0 aromatic carbocycles. The van der Waals surface area contributed by atoms with Crippen LogP contribution >= 0.6 is 0 Å². The van der Waals surface area contributed by atoms with Crippen LogP contribution in [0, 0.1) is 29.6 Å². The van der Waals surface area contributed by atoms with Crippen LogP contribution in [0.3, 0.4) is 0 Å². The van der Waals surface area contributed by atoms with Crippen molar-refractivity contribution in [1.82, 2.24) is 0 Å². The third kappa shape index (κ3) is 7.07. The lowest BCUT2D eigenvalue weighted by atomic mass is 9.67. The largest absolute Gasteiger partial charge is 0.466 e. The van der Waals surface area contributed by atoms with E-state index in [9.17, 15) is 9.59 Å². The zero-order valence-electron chi connectivity index (χ0n) is 26.5. The molecule has 5 nitrogen and oxygen atoms in total. The van der Waals surface area contributed by atoms with Crippen LogP contribution < -0.4 is 0 Å². The Hall–Kier alpha value is -1.29. The summed E-state index contributed by atoms with van der Waals surface area (Å²) < 4.78 is 19.4. The van der Waals surface area contributed by atoms with Gasteiger partial charge in [0.05, 0.1) is 19.3 Å². The molecule has 0 N–H and O–H groups in total. The van der Waals surface area contributed by atoms with Gasteiger partial charge in [-0.3, -0.25) is 4.79 Å². The van der Waals surface area contributed by atoms with Gasteiger partial charge in [-0.15, -0.1) is 0 Å². The van der Waals surface area contributed by atoms with Crippen LogP contribution in [0.5, 0.6) is 0 Å². The predicted octanol–water partition coefficient (Wildman–Crippen LogP) is 7.72. The van der Waals surface area contributed by atoms with E-state index in [4.69, 9.17) is 13.6 Å². The predicted molar refractivity (Wildman–Crippen MR) is 162 cm³/mol. The molecule has 1 saturated carbocycles. The van der Waals surface area contributed by atoms with E-state index in [0.717, 1.165) is 0 Å². The number of fused-ring (bicyclic) bond motifs is 1. The molecule has 0 amide bonds. The Bertz CT molecular complexity index is 964. The van der Waals surface area contributed by atoms with Crippen molar-refractivity contribution in [3.05, 3.63) is 36.0 Å². The number of hydrogen-bond donors (Lipinski definition) is 0. The van der Waals surface area contributed by atoms with Gasteiger partial charge < -0.3 is 13.6 Å². The fourth-order valence-electron chi connectivity index (χ4n) is 5.40. The molecule has 1 fully saturated rings. The summed E-state index contributed by atoms with van der Waals surface area (Å²) in [7, 11) is -2.79. The fourth-order valence-corrected chi connectivity index (χ4v) is 8.21. The van der Waals surface area contributed by atoms with Crippen LogP contribution in [0.4, 0.5) is 0 Å². The smallest absolute Gasteiger partial charge is 0.330 e. The molecule has 2 aliphatic carbocycles. The first kappa shape index (κ1) is 32.9. The SMILES string of the molecule is COC(=O)/C=C/[C@@H]1[C@@H]2[C@@H](C=C(C)[C@@H]1/C=C/C(C)=O)[C@@H](O[Si](C)(C)C(C)(C)C)[C@H](C)[C@H]2O[Si](C)(C)C(C)(C)C. The number of ketones is 1. The molecule has 0 saturated heterocycles. The summed E-state index contributed by atoms with van der Waals surface area (Å²) >= 11 is 0. The molecule has 0 radical (unpaired) electrons. The summed E-state index contributed by atoms with van der Waals surface area (Å²) in [5.74, 6) is 0.0640. The zero-order chi connectivity index (χ0) is 29.4. The van der Waals surface area contributed by atoms with E-state index in [2.05, 4.69) is 87.7 Å². The average Bonchev–Trinajstić information content (AvgIpc) is 2.99. The van der Waals surface area contributed by atoms with Gasteiger partial charge in [-0.05, 0) is 62.1 Å². The Morgan fingerprint density at radius 1 is 0.868 bits per heavy atom. The lowest BCUT2D eigenvalue weighted by Crippen LogP contribution is -2.48. The standard InChI is InChI=1S/C31H54O5Si2/c1-20-19-25-27(24(17-18-26(33)34-10)23(20)16-15-21(2)32)29(36-38(13,14)31(7,8)9)22(3)28(25)35-37(11,12)30(4,5)6/h15-19,22-25,27-29H,1-14H3/b16-15+,18-17+/t22-,23-,24-,25+,27+,28-,29+/m0/s1. The second-order valence-electron chi connectivity index (χ2n) is 14.6. The van der Waals surface area contributed by atoms with Crippen LogP contribution in [-0.4, -0.2) is 47.7 Å². The lowest BCUT2D eigenvalue weighted by Gasteiger charge is -2.44. The average molecular weight is 563 g/mol. The van der Waals surface area contributed by atoms with E-state index in [0.29, 0.717) is 0 Å². The summed E-state index contributed by atoms with van der Waals surface area (Å²) in [6.07, 6.45) is 9.59. The number of rotatable bonds is 8. The number of hydrogen-bond acceptors (Lipinski definition) is 5. The van der Waals surface area contributed by atoms with Crippen LogP contribution in [0.2, 0.25) is 36.3 Å². The van der Waals surface area contributed by atoms with E-state index in [1.807, 2.05) is 12.2 Å². The summed E-state index contributed by atoms with van der Waals surface area (Å²) in [5, 5.41) is 0.150. The van der Waals surface area contributed by atoms with Crippen LogP contribution in [0.1, 0.15) is 62.3 Å². The van der Waals surface area contributed by atoms with Crippen molar-refractivity contribution < 1.29 is 23.2 Å². The maximum absolute atomic E-state index is 12.2. The molecule has 0 heterocycles. The highest BCUT2D eigenvalue weighted by atomic mass is 28.4. The zero-order valence-corrected chi connectivity index (χ0v) is 28.5. The molecule has 0 bridgehead atoms. The van der Waals surface area contributed by atoms with Gasteiger partial charge in [-0.2, -0.15) is 0 Å². The van der Waals surface area contributed by atoms with Crippen molar-refractivity contribution in [2.24, 2.45) is 29.6 Å². The Morgan fingerprint density at radius 3 is 1.82 bits per heavy atom. The molecule has 216 valence electrons. The van der Waals surface area contributed by atoms with Gasteiger partial charge in [0.2, 0.25) is 0 Å². The van der Waals surface area contributed by atoms with E-state index < -0.39 is 16.6 Å². The van der Waals surface area contributed by atoms with E-state index >= 15 is 0 Å². The molecule has 0 unspecified atom stereocenters. The van der Waals surface area contributed by atoms with Gasteiger partial charge in [0.25, 0.3) is 0 Å². The number of carbonyl (C=O) groups excluding carboxylic acids is 2. The molecule has 0 aromatic heterocycles. The summed E-state index contributed by atoms with van der Waals surface area (Å²) in [6, 6.07) is 0. The van der Waals surface area contributed by atoms with Gasteiger partial charge in [0.1, 0.15) is 0 Å². The molecule has 7 atom stereocenters. The van der Waals surface area contributed by atoms with E-state index in [-0.39, 0.29) is 63.6 Å². The van der Waals surface area contributed by atoms with Crippen molar-refractivity contribution in [1.29, 1.82) is 0 Å². The Morgan fingerprint density at radius 2 is 1.37 bits per heavy atom. The molecular weight excluding hydrogens is 509 g/mol. The minimum atomic E-state index is -2.12. The van der Waals surface area contributed by atoms with Gasteiger partial charge in [-0.1, -0.05) is 72.3 Å². The second kappa shape index (κ2) is 11.7. The van der Waals surface area contributed by atoms with Crippen molar-refractivity contribution in [2.45, 2.75) is 111 Å². The minimum Gasteiger partial charge on any atom is -0.466 e. The number of carbonyl (C=O) groups is 2. The third-order valence-corrected chi connectivity index (χ3v) is 18.7. The molecule has 0 aromatic rings. The van der Waals surface area contributed by atoms with Crippen LogP contribution in [-0.2, 0) is 23.2 Å². The maximum Gasteiger partial charge on any atom is 0.330 e. The quantitative estimate of drug-likeness (QED) is 0.131. The van der Waals surface area contributed by atoms with Gasteiger partial charge in [0, 0.05) is 29.7 Å². The summed E-state index contributed by atoms with van der Waals surface area (Å²) in [6.45, 7) is 29.0. The minimum absolute atomic E-state index is 0.00890. The number of methoxy groups -OCH3 is 1. The highest BCUT2D eigenvalue weighted by molar-refractivity contribution is 6.74. The molecule has 38 heavy (non-hydrogen) atoms. The molecular formula is C31H54O5Si2. The topological polar surface area (TPSA) is 61.8 Å². The monoisotopic (exact) mass is 562 g/mol. The molecule has 2 aliphatic rings. The summed E-state index contributed by atoms with van der Waals surface area (Å²) in [4.78, 5) is 24.2. The first-order valence-electron chi connectivity index (χ1n) is 14.1. The van der Waals surface area contributed by atoms with Gasteiger partial charge in [0.15, 0.2) is 22.4 Å². The molecule has 0 aliphatic heterocycles. The van der Waals surface area contributed by atoms with Gasteiger partial charge >= 0.3 is 5.97 Å². The molecule has 7 heteroatoms. The number of allylic oxidation sites excluding steroid dienone is 4. The van der Waals surface area contributed by atoms with Gasteiger partial charge in [-0.25, -0.2) is 4.79 Å². The third-order valence-electron chi connectivity index (χ3n) is 9.75. The molecule has 0 spiro atoms. The normalized spacial score (nSPS) is 31.0. The Labute approximate surface area is 234 Å². The van der Waals surface area contributed by atoms with E-state index in [1.165, 1.54) is 12.7 Å². The maximum atomic E-state index is 12.2. The second-order valence-corrected chi connectivity index (χ2v) is 24.1. The number of ether oxygens (including phenoxy) is 1. The van der Waals surface area contributed by atoms with Crippen molar-refractivity contribution in [2.75, 3.05) is 7.11 Å². The first-order chi connectivity index (χ1) is 17.1. The Balaban J connectivity index is 2.73. The lowest BCUT2D eigenvalue weighted by molar-refractivity contribution is -0.134. The number of esters is 1. The molecule has 2 rings (SSSR count). The Kier molecular flexibility index (Phi) is 10.1. The first-order valence-corrected chi connectivity index (χ1v) is 19.9. The van der Waals surface area contributed by atoms with Crippen molar-refractivity contribution >= 4 is 28.4 Å².